The van der Waals surface area contributed by atoms with Gasteiger partial charge in [-0.25, -0.2) is 4.39 Å². The third kappa shape index (κ3) is 5.51. The summed E-state index contributed by atoms with van der Waals surface area (Å²) in [6, 6.07) is 68.9. The molecule has 2 heteroatoms. The van der Waals surface area contributed by atoms with Crippen LogP contribution in [0, 0.1) is 5.82 Å². The fraction of sp³-hybridized carbons (Fsp3) is 0.119. The van der Waals surface area contributed by atoms with Crippen molar-refractivity contribution in [1.29, 1.82) is 0 Å². The highest BCUT2D eigenvalue weighted by Gasteiger charge is 2.50. The fourth-order valence-corrected chi connectivity index (χ4v) is 11.0. The second-order valence-corrected chi connectivity index (χ2v) is 17.8. The Kier molecular flexibility index (Phi) is 8.35. The molecule has 0 aliphatic heterocycles. The van der Waals surface area contributed by atoms with E-state index in [2.05, 4.69) is 209 Å². The largest absolute Gasteiger partial charge is 0.310 e. The first-order chi connectivity index (χ1) is 29.7. The molecule has 0 saturated carbocycles. The van der Waals surface area contributed by atoms with E-state index in [4.69, 9.17) is 0 Å². The van der Waals surface area contributed by atoms with E-state index in [1.54, 1.807) is 0 Å². The highest BCUT2D eigenvalue weighted by molar-refractivity contribution is 6.09. The summed E-state index contributed by atoms with van der Waals surface area (Å²) in [5.74, 6) is -0.256. The van der Waals surface area contributed by atoms with Gasteiger partial charge >= 0.3 is 0 Å². The zero-order valence-corrected chi connectivity index (χ0v) is 35.0. The van der Waals surface area contributed by atoms with Gasteiger partial charge in [-0.3, -0.25) is 0 Å². The Labute approximate surface area is 358 Å². The smallest absolute Gasteiger partial charge is 0.123 e. The van der Waals surface area contributed by atoms with Crippen molar-refractivity contribution in [3.05, 3.63) is 256 Å². The average molecular weight is 788 g/mol. The molecule has 0 heterocycles. The van der Waals surface area contributed by atoms with Gasteiger partial charge in [-0.1, -0.05) is 179 Å². The Morgan fingerprint density at radius 2 is 0.820 bits per heavy atom. The number of hydrogen-bond donors (Lipinski definition) is 0. The number of benzene rings is 8. The standard InChI is InChI=1S/C59H46FN/c1-57(2)51-23-15-14-22-49(51)55-56(57)50-34-27-39(36-52(50)58(55,3)4)24-25-40-26-33-47-48-35-32-46(61(44-20-12-7-13-21-44)45-30-28-43(60)29-31-45)38-54(48)59(53(47)37-40,41-16-8-5-9-17-41)42-18-10-6-11-19-42/h5-38H,1-4H3/b25-24+. The summed E-state index contributed by atoms with van der Waals surface area (Å²) in [7, 11) is 0. The van der Waals surface area contributed by atoms with Crippen LogP contribution in [-0.2, 0) is 16.2 Å². The highest BCUT2D eigenvalue weighted by Crippen LogP contribution is 2.63. The van der Waals surface area contributed by atoms with Crippen LogP contribution in [0.5, 0.6) is 0 Å². The molecule has 0 bridgehead atoms. The van der Waals surface area contributed by atoms with Crippen LogP contribution >= 0.6 is 0 Å². The van der Waals surface area contributed by atoms with Crippen LogP contribution in [0.4, 0.5) is 21.5 Å². The molecule has 0 aromatic heterocycles. The van der Waals surface area contributed by atoms with Gasteiger partial charge in [0.2, 0.25) is 0 Å². The molecule has 0 saturated heterocycles. The van der Waals surface area contributed by atoms with Crippen LogP contribution < -0.4 is 4.90 Å². The van der Waals surface area contributed by atoms with Crippen molar-refractivity contribution >= 4 is 40.4 Å². The first-order valence-electron chi connectivity index (χ1n) is 21.4. The predicted octanol–water partition coefficient (Wildman–Crippen LogP) is 15.3. The number of nitrogens with zero attached hydrogens (tertiary/aromatic N) is 1. The molecule has 8 aromatic carbocycles. The van der Waals surface area contributed by atoms with Crippen LogP contribution in [0.1, 0.15) is 83.3 Å². The van der Waals surface area contributed by atoms with Gasteiger partial charge in [0.1, 0.15) is 5.82 Å². The van der Waals surface area contributed by atoms with Gasteiger partial charge in [-0.15, -0.1) is 0 Å². The maximum absolute atomic E-state index is 14.3. The van der Waals surface area contributed by atoms with E-state index in [0.29, 0.717) is 0 Å². The number of rotatable bonds is 7. The molecule has 8 aromatic rings. The van der Waals surface area contributed by atoms with Crippen molar-refractivity contribution in [2.75, 3.05) is 4.90 Å². The van der Waals surface area contributed by atoms with Gasteiger partial charge < -0.3 is 4.90 Å². The van der Waals surface area contributed by atoms with Gasteiger partial charge in [-0.05, 0) is 133 Å². The number of para-hydroxylation sites is 1. The Morgan fingerprint density at radius 3 is 1.44 bits per heavy atom. The second-order valence-electron chi connectivity index (χ2n) is 17.8. The first kappa shape index (κ1) is 37.0. The quantitative estimate of drug-likeness (QED) is 0.145. The molecule has 0 amide bonds. The third-order valence-corrected chi connectivity index (χ3v) is 13.7. The summed E-state index contributed by atoms with van der Waals surface area (Å²) >= 11 is 0. The molecule has 0 N–H and O–H groups in total. The minimum absolute atomic E-state index is 0.0423. The summed E-state index contributed by atoms with van der Waals surface area (Å²) in [4.78, 5) is 2.22. The van der Waals surface area contributed by atoms with Crippen molar-refractivity contribution in [3.63, 3.8) is 0 Å². The Hall–Kier alpha value is -7.03. The average Bonchev–Trinajstić information content (AvgIpc) is 3.82. The molecule has 0 unspecified atom stereocenters. The van der Waals surface area contributed by atoms with E-state index in [9.17, 15) is 4.39 Å². The van der Waals surface area contributed by atoms with Gasteiger partial charge in [-0.2, -0.15) is 0 Å². The fourth-order valence-electron chi connectivity index (χ4n) is 11.0. The van der Waals surface area contributed by atoms with Crippen LogP contribution in [0.2, 0.25) is 0 Å². The number of fused-ring (bicyclic) bond motifs is 7. The van der Waals surface area contributed by atoms with E-state index >= 15 is 0 Å². The number of allylic oxidation sites excluding steroid dienone is 2. The maximum atomic E-state index is 14.3. The molecule has 3 aliphatic carbocycles. The third-order valence-electron chi connectivity index (χ3n) is 13.7. The van der Waals surface area contributed by atoms with Crippen LogP contribution in [-0.4, -0.2) is 0 Å². The van der Waals surface area contributed by atoms with E-state index in [1.165, 1.54) is 84.5 Å². The zero-order valence-electron chi connectivity index (χ0n) is 35.0. The van der Waals surface area contributed by atoms with Crippen molar-refractivity contribution in [2.24, 2.45) is 0 Å². The highest BCUT2D eigenvalue weighted by atomic mass is 19.1. The topological polar surface area (TPSA) is 3.24 Å². The maximum Gasteiger partial charge on any atom is 0.123 e. The lowest BCUT2D eigenvalue weighted by Gasteiger charge is -2.35. The van der Waals surface area contributed by atoms with Crippen LogP contribution in [0.15, 0.2) is 194 Å². The summed E-state index contributed by atoms with van der Waals surface area (Å²) in [6.45, 7) is 9.57. The molecule has 61 heavy (non-hydrogen) atoms. The lowest BCUT2D eigenvalue weighted by molar-refractivity contribution is 0.628. The molecular weight excluding hydrogens is 742 g/mol. The summed E-state index contributed by atoms with van der Waals surface area (Å²) < 4.78 is 14.3. The van der Waals surface area contributed by atoms with Crippen molar-refractivity contribution < 1.29 is 4.39 Å². The SMILES string of the molecule is CC1(C)C2=C(c3ccccc31)C(C)(C)c1cc(/C=C/c3ccc4c(c3)C(c3ccccc3)(c3ccccc3)c3cc(N(c5ccccc5)c5ccc(F)cc5)ccc3-4)ccc12. The molecular formula is C59H46FN. The van der Waals surface area contributed by atoms with Crippen molar-refractivity contribution in [2.45, 2.75) is 43.9 Å². The normalized spacial score (nSPS) is 15.9. The molecule has 11 rings (SSSR count). The Morgan fingerprint density at radius 1 is 0.377 bits per heavy atom. The predicted molar refractivity (Wildman–Crippen MR) is 253 cm³/mol. The monoisotopic (exact) mass is 787 g/mol. The van der Waals surface area contributed by atoms with Crippen molar-refractivity contribution in [3.8, 4) is 11.1 Å². The van der Waals surface area contributed by atoms with Gasteiger partial charge in [0.25, 0.3) is 0 Å². The zero-order chi connectivity index (χ0) is 41.5. The molecule has 3 aliphatic rings. The molecule has 294 valence electrons. The van der Waals surface area contributed by atoms with Crippen molar-refractivity contribution in [1.82, 2.24) is 0 Å². The Bertz CT molecular complexity index is 3020. The van der Waals surface area contributed by atoms with Gasteiger partial charge in [0.15, 0.2) is 0 Å². The second kappa shape index (κ2) is 13.8. The van der Waals surface area contributed by atoms with E-state index < -0.39 is 5.41 Å². The first-order valence-corrected chi connectivity index (χ1v) is 21.4. The summed E-state index contributed by atoms with van der Waals surface area (Å²) in [5, 5.41) is 0. The van der Waals surface area contributed by atoms with Gasteiger partial charge in [0.05, 0.1) is 5.41 Å². The summed E-state index contributed by atoms with van der Waals surface area (Å²) in [5.41, 5.74) is 20.4. The van der Waals surface area contributed by atoms with E-state index in [-0.39, 0.29) is 16.6 Å². The molecule has 1 nitrogen and oxygen atoms in total. The number of anilines is 3. The molecule has 0 spiro atoms. The number of halogens is 1. The molecule has 0 atom stereocenters. The molecule has 0 fully saturated rings. The number of hydrogen-bond acceptors (Lipinski definition) is 1. The van der Waals surface area contributed by atoms with Crippen LogP contribution in [0.3, 0.4) is 0 Å². The minimum atomic E-state index is -0.606. The van der Waals surface area contributed by atoms with Crippen LogP contribution in [0.25, 0.3) is 34.4 Å². The minimum Gasteiger partial charge on any atom is -0.310 e. The Balaban J connectivity index is 1.05. The molecule has 0 radical (unpaired) electrons. The van der Waals surface area contributed by atoms with E-state index in [1.807, 2.05) is 18.2 Å². The van der Waals surface area contributed by atoms with Gasteiger partial charge in [0, 0.05) is 27.9 Å². The lowest BCUT2D eigenvalue weighted by atomic mass is 9.67. The summed E-state index contributed by atoms with van der Waals surface area (Å²) in [6.07, 6.45) is 4.57. The van der Waals surface area contributed by atoms with E-state index in [0.717, 1.165) is 22.6 Å². The lowest BCUT2D eigenvalue weighted by Crippen LogP contribution is -2.28.